The Labute approximate surface area is 70.7 Å². The summed E-state index contributed by atoms with van der Waals surface area (Å²) >= 11 is 0. The fourth-order valence-electron chi connectivity index (χ4n) is 2.14. The monoisotopic (exact) mass is 152 g/mol. The maximum atomic E-state index is 3.76. The fourth-order valence-corrected chi connectivity index (χ4v) is 2.14. The summed E-state index contributed by atoms with van der Waals surface area (Å²) in [5.41, 5.74) is 0. The Hall–Kier alpha value is -0.260. The minimum atomic E-state index is 0.940. The zero-order valence-corrected chi connectivity index (χ0v) is 7.68. The highest BCUT2D eigenvalue weighted by molar-refractivity contribution is 4.75. The molecule has 1 aliphatic rings. The van der Waals surface area contributed by atoms with Crippen LogP contribution in [0.2, 0.25) is 0 Å². The molecule has 1 rings (SSSR count). The second-order valence-electron chi connectivity index (χ2n) is 3.89. The van der Waals surface area contributed by atoms with Gasteiger partial charge in [-0.25, -0.2) is 0 Å². The molecule has 0 bridgehead atoms. The van der Waals surface area contributed by atoms with Crippen LogP contribution >= 0.6 is 0 Å². The van der Waals surface area contributed by atoms with E-state index in [1.54, 1.807) is 0 Å². The van der Waals surface area contributed by atoms with Crippen molar-refractivity contribution in [3.8, 4) is 0 Å². The molecule has 0 heteroatoms. The molecule has 11 heavy (non-hydrogen) atoms. The molecular weight excluding hydrogens is 132 g/mol. The average molecular weight is 152 g/mol. The molecule has 0 saturated heterocycles. The van der Waals surface area contributed by atoms with Crippen LogP contribution in [0.25, 0.3) is 0 Å². The second-order valence-corrected chi connectivity index (χ2v) is 3.89. The summed E-state index contributed by atoms with van der Waals surface area (Å²) in [5.74, 6) is 1.98. The van der Waals surface area contributed by atoms with E-state index in [4.69, 9.17) is 0 Å². The Bertz CT molecular complexity index is 109. The van der Waals surface area contributed by atoms with Crippen LogP contribution in [-0.2, 0) is 0 Å². The van der Waals surface area contributed by atoms with E-state index in [0.29, 0.717) is 0 Å². The van der Waals surface area contributed by atoms with E-state index in [2.05, 4.69) is 13.5 Å². The van der Waals surface area contributed by atoms with E-state index in [1.807, 2.05) is 6.08 Å². The van der Waals surface area contributed by atoms with Gasteiger partial charge in [0.1, 0.15) is 0 Å². The summed E-state index contributed by atoms with van der Waals surface area (Å²) in [7, 11) is 0. The van der Waals surface area contributed by atoms with E-state index in [0.717, 1.165) is 11.8 Å². The third-order valence-electron chi connectivity index (χ3n) is 3.03. The molecule has 0 amide bonds. The van der Waals surface area contributed by atoms with Gasteiger partial charge in [-0.2, -0.15) is 0 Å². The summed E-state index contributed by atoms with van der Waals surface area (Å²) in [6, 6.07) is 0. The predicted molar refractivity (Wildman–Crippen MR) is 50.6 cm³/mol. The average Bonchev–Trinajstić information content (AvgIpc) is 2.52. The summed E-state index contributed by atoms with van der Waals surface area (Å²) in [5, 5.41) is 0. The molecule has 0 unspecified atom stereocenters. The Kier molecular flexibility index (Phi) is 3.68. The molecule has 64 valence electrons. The van der Waals surface area contributed by atoms with Crippen LogP contribution in [-0.4, -0.2) is 0 Å². The van der Waals surface area contributed by atoms with Crippen LogP contribution in [0.3, 0.4) is 0 Å². The zero-order chi connectivity index (χ0) is 8.10. The highest BCUT2D eigenvalue weighted by Gasteiger charge is 2.20. The molecule has 0 spiro atoms. The third-order valence-corrected chi connectivity index (χ3v) is 3.03. The molecule has 0 aliphatic heterocycles. The Morgan fingerprint density at radius 2 is 2.09 bits per heavy atom. The zero-order valence-electron chi connectivity index (χ0n) is 7.68. The molecule has 1 atom stereocenters. The van der Waals surface area contributed by atoms with Crippen molar-refractivity contribution in [3.05, 3.63) is 12.7 Å². The van der Waals surface area contributed by atoms with E-state index >= 15 is 0 Å². The van der Waals surface area contributed by atoms with Gasteiger partial charge in [-0.1, -0.05) is 38.7 Å². The highest BCUT2D eigenvalue weighted by Crippen LogP contribution is 2.33. The standard InChI is InChI=1S/C11H20/c1-3-4-7-10(2)11-8-5-6-9-11/h3,10-11H,1,4-9H2,2H3/t10-/m0/s1. The molecule has 0 radical (unpaired) electrons. The molecule has 0 N–H and O–H groups in total. The molecule has 1 saturated carbocycles. The van der Waals surface area contributed by atoms with Crippen LogP contribution in [0, 0.1) is 11.8 Å². The summed E-state index contributed by atoms with van der Waals surface area (Å²) in [4.78, 5) is 0. The first kappa shape index (κ1) is 8.83. The maximum absolute atomic E-state index is 3.76. The smallest absolute Gasteiger partial charge is 0.0351 e. The summed E-state index contributed by atoms with van der Waals surface area (Å²) in [6.07, 6.45) is 10.5. The lowest BCUT2D eigenvalue weighted by Crippen LogP contribution is -2.06. The lowest BCUT2D eigenvalue weighted by Gasteiger charge is -2.17. The molecule has 0 aromatic heterocycles. The third kappa shape index (κ3) is 2.69. The van der Waals surface area contributed by atoms with Crippen molar-refractivity contribution in [3.63, 3.8) is 0 Å². The topological polar surface area (TPSA) is 0 Å². The minimum Gasteiger partial charge on any atom is -0.103 e. The first-order valence-corrected chi connectivity index (χ1v) is 4.95. The molecule has 0 aromatic rings. The van der Waals surface area contributed by atoms with Crippen molar-refractivity contribution >= 4 is 0 Å². The van der Waals surface area contributed by atoms with Crippen LogP contribution in [0.4, 0.5) is 0 Å². The van der Waals surface area contributed by atoms with Gasteiger partial charge in [0.2, 0.25) is 0 Å². The molecule has 1 fully saturated rings. The summed E-state index contributed by atoms with van der Waals surface area (Å²) in [6.45, 7) is 6.16. The lowest BCUT2D eigenvalue weighted by atomic mass is 9.89. The molecule has 1 aliphatic carbocycles. The van der Waals surface area contributed by atoms with Crippen LogP contribution < -0.4 is 0 Å². The van der Waals surface area contributed by atoms with Crippen LogP contribution in [0.5, 0.6) is 0 Å². The van der Waals surface area contributed by atoms with Crippen LogP contribution in [0.15, 0.2) is 12.7 Å². The summed E-state index contributed by atoms with van der Waals surface area (Å²) < 4.78 is 0. The SMILES string of the molecule is C=CCC[C@H](C)C1CCCC1. The number of hydrogen-bond donors (Lipinski definition) is 0. The van der Waals surface area contributed by atoms with Crippen molar-refractivity contribution in [2.75, 3.05) is 0 Å². The van der Waals surface area contributed by atoms with E-state index < -0.39 is 0 Å². The number of hydrogen-bond acceptors (Lipinski definition) is 0. The largest absolute Gasteiger partial charge is 0.103 e. The number of allylic oxidation sites excluding steroid dienone is 1. The normalized spacial score (nSPS) is 21.9. The van der Waals surface area contributed by atoms with E-state index in [-0.39, 0.29) is 0 Å². The molecule has 0 aromatic carbocycles. The maximum Gasteiger partial charge on any atom is -0.0351 e. The van der Waals surface area contributed by atoms with Gasteiger partial charge < -0.3 is 0 Å². The van der Waals surface area contributed by atoms with Gasteiger partial charge in [-0.15, -0.1) is 6.58 Å². The van der Waals surface area contributed by atoms with Crippen molar-refractivity contribution in [1.29, 1.82) is 0 Å². The van der Waals surface area contributed by atoms with Crippen molar-refractivity contribution in [1.82, 2.24) is 0 Å². The van der Waals surface area contributed by atoms with Gasteiger partial charge >= 0.3 is 0 Å². The first-order valence-electron chi connectivity index (χ1n) is 4.95. The van der Waals surface area contributed by atoms with Gasteiger partial charge in [0.15, 0.2) is 0 Å². The number of rotatable bonds is 4. The highest BCUT2D eigenvalue weighted by atomic mass is 14.3. The van der Waals surface area contributed by atoms with Gasteiger partial charge in [-0.05, 0) is 24.7 Å². The lowest BCUT2D eigenvalue weighted by molar-refractivity contribution is 0.348. The minimum absolute atomic E-state index is 0.940. The van der Waals surface area contributed by atoms with Gasteiger partial charge in [0.05, 0.1) is 0 Å². The predicted octanol–water partition coefficient (Wildman–Crippen LogP) is 3.78. The van der Waals surface area contributed by atoms with E-state index in [1.165, 1.54) is 38.5 Å². The first-order chi connectivity index (χ1) is 5.34. The molecule has 0 heterocycles. The van der Waals surface area contributed by atoms with Gasteiger partial charge in [0.25, 0.3) is 0 Å². The Morgan fingerprint density at radius 3 is 2.64 bits per heavy atom. The molecular formula is C11H20. The van der Waals surface area contributed by atoms with Crippen molar-refractivity contribution in [2.24, 2.45) is 11.8 Å². The Balaban J connectivity index is 2.16. The van der Waals surface area contributed by atoms with Crippen molar-refractivity contribution in [2.45, 2.75) is 45.4 Å². The van der Waals surface area contributed by atoms with Crippen LogP contribution in [0.1, 0.15) is 45.4 Å². The Morgan fingerprint density at radius 1 is 1.45 bits per heavy atom. The van der Waals surface area contributed by atoms with Gasteiger partial charge in [-0.3, -0.25) is 0 Å². The molecule has 0 nitrogen and oxygen atoms in total. The van der Waals surface area contributed by atoms with Crippen molar-refractivity contribution < 1.29 is 0 Å². The fraction of sp³-hybridized carbons (Fsp3) is 0.818. The quantitative estimate of drug-likeness (QED) is 0.538. The van der Waals surface area contributed by atoms with E-state index in [9.17, 15) is 0 Å². The van der Waals surface area contributed by atoms with Gasteiger partial charge in [0, 0.05) is 0 Å². The second kappa shape index (κ2) is 4.58.